The van der Waals surface area contributed by atoms with Crippen molar-refractivity contribution in [3.8, 4) is 0 Å². The first-order valence-electron chi connectivity index (χ1n) is 6.47. The van der Waals surface area contributed by atoms with Gasteiger partial charge in [-0.05, 0) is 29.9 Å². The van der Waals surface area contributed by atoms with Gasteiger partial charge in [0.15, 0.2) is 0 Å². The molecule has 1 aliphatic rings. The maximum atomic E-state index is 2.41. The molecule has 84 valence electrons. The first kappa shape index (κ1) is 9.95. The van der Waals surface area contributed by atoms with E-state index < -0.39 is 0 Å². The van der Waals surface area contributed by atoms with Crippen LogP contribution in [-0.4, -0.2) is 4.57 Å². The van der Waals surface area contributed by atoms with Crippen LogP contribution in [0.5, 0.6) is 0 Å². The monoisotopic (exact) mass is 213 g/mol. The predicted octanol–water partition coefficient (Wildman–Crippen LogP) is 4.22. The average molecular weight is 213 g/mol. The van der Waals surface area contributed by atoms with E-state index in [4.69, 9.17) is 0 Å². The second kappa shape index (κ2) is 4.32. The zero-order chi connectivity index (χ0) is 10.8. The van der Waals surface area contributed by atoms with Crippen LogP contribution in [0.25, 0.3) is 10.9 Å². The summed E-state index contributed by atoms with van der Waals surface area (Å²) in [5.41, 5.74) is 1.39. The molecule has 1 heteroatoms. The molecule has 3 rings (SSSR count). The zero-order valence-corrected chi connectivity index (χ0v) is 9.73. The minimum atomic E-state index is 0.987. The molecule has 1 aliphatic carbocycles. The minimum absolute atomic E-state index is 0.987. The maximum Gasteiger partial charge on any atom is 0.0480 e. The van der Waals surface area contributed by atoms with E-state index in [1.165, 1.54) is 49.6 Å². The van der Waals surface area contributed by atoms with Gasteiger partial charge in [0.1, 0.15) is 0 Å². The van der Waals surface area contributed by atoms with E-state index in [0.717, 1.165) is 5.92 Å². The molecule has 2 aromatic rings. The van der Waals surface area contributed by atoms with E-state index in [0.29, 0.717) is 0 Å². The summed E-state index contributed by atoms with van der Waals surface area (Å²) in [7, 11) is 0. The summed E-state index contributed by atoms with van der Waals surface area (Å²) in [5.74, 6) is 0.987. The van der Waals surface area contributed by atoms with Crippen LogP contribution in [0.1, 0.15) is 32.1 Å². The number of hydrogen-bond donors (Lipinski definition) is 0. The minimum Gasteiger partial charge on any atom is -0.347 e. The fraction of sp³-hybridized carbons (Fsp3) is 0.467. The van der Waals surface area contributed by atoms with Gasteiger partial charge in [-0.15, -0.1) is 0 Å². The van der Waals surface area contributed by atoms with E-state index >= 15 is 0 Å². The van der Waals surface area contributed by atoms with Gasteiger partial charge >= 0.3 is 0 Å². The first-order chi connectivity index (χ1) is 7.93. The van der Waals surface area contributed by atoms with Crippen LogP contribution in [0.4, 0.5) is 0 Å². The van der Waals surface area contributed by atoms with Crippen molar-refractivity contribution in [3.63, 3.8) is 0 Å². The molecule has 0 atom stereocenters. The van der Waals surface area contributed by atoms with Crippen molar-refractivity contribution in [2.45, 2.75) is 38.6 Å². The summed E-state index contributed by atoms with van der Waals surface area (Å²) in [4.78, 5) is 0. The van der Waals surface area contributed by atoms with Gasteiger partial charge in [-0.25, -0.2) is 0 Å². The largest absolute Gasteiger partial charge is 0.347 e. The number of rotatable bonds is 3. The van der Waals surface area contributed by atoms with Crippen LogP contribution < -0.4 is 0 Å². The second-order valence-corrected chi connectivity index (χ2v) is 5.01. The van der Waals surface area contributed by atoms with Crippen LogP contribution in [0.15, 0.2) is 36.5 Å². The normalized spacial score (nSPS) is 17.2. The van der Waals surface area contributed by atoms with Gasteiger partial charge in [0, 0.05) is 18.3 Å². The lowest BCUT2D eigenvalue weighted by Gasteiger charge is -2.10. The molecule has 1 aromatic carbocycles. The highest BCUT2D eigenvalue weighted by Gasteiger charge is 2.14. The first-order valence-corrected chi connectivity index (χ1v) is 6.47. The van der Waals surface area contributed by atoms with E-state index in [2.05, 4.69) is 41.1 Å². The number of aryl methyl sites for hydroxylation is 1. The smallest absolute Gasteiger partial charge is 0.0480 e. The summed E-state index contributed by atoms with van der Waals surface area (Å²) < 4.78 is 2.41. The lowest BCUT2D eigenvalue weighted by Crippen LogP contribution is -2.02. The topological polar surface area (TPSA) is 4.93 Å². The molecule has 0 radical (unpaired) electrons. The Bertz CT molecular complexity index is 463. The second-order valence-electron chi connectivity index (χ2n) is 5.01. The number of hydrogen-bond acceptors (Lipinski definition) is 0. The van der Waals surface area contributed by atoms with E-state index in [9.17, 15) is 0 Å². The van der Waals surface area contributed by atoms with Gasteiger partial charge in [0.25, 0.3) is 0 Å². The van der Waals surface area contributed by atoms with E-state index in [-0.39, 0.29) is 0 Å². The Kier molecular flexibility index (Phi) is 2.69. The molecule has 0 aliphatic heterocycles. The van der Waals surface area contributed by atoms with Gasteiger partial charge in [-0.2, -0.15) is 0 Å². The van der Waals surface area contributed by atoms with Crippen molar-refractivity contribution >= 4 is 10.9 Å². The van der Waals surface area contributed by atoms with Crippen LogP contribution in [0.3, 0.4) is 0 Å². The Morgan fingerprint density at radius 1 is 1.06 bits per heavy atom. The van der Waals surface area contributed by atoms with Gasteiger partial charge in [-0.3, -0.25) is 0 Å². The Morgan fingerprint density at radius 3 is 2.75 bits per heavy atom. The molecule has 0 saturated heterocycles. The molecular weight excluding hydrogens is 194 g/mol. The maximum absolute atomic E-state index is 2.41. The molecule has 1 saturated carbocycles. The summed E-state index contributed by atoms with van der Waals surface area (Å²) in [5, 5.41) is 1.37. The van der Waals surface area contributed by atoms with Crippen molar-refractivity contribution < 1.29 is 0 Å². The van der Waals surface area contributed by atoms with Crippen LogP contribution in [-0.2, 0) is 6.54 Å². The molecule has 0 unspecified atom stereocenters. The summed E-state index contributed by atoms with van der Waals surface area (Å²) >= 11 is 0. The number of aromatic nitrogens is 1. The van der Waals surface area contributed by atoms with E-state index in [1.807, 2.05) is 0 Å². The number of para-hydroxylation sites is 1. The Hall–Kier alpha value is -1.24. The van der Waals surface area contributed by atoms with Crippen LogP contribution in [0.2, 0.25) is 0 Å². The Morgan fingerprint density at radius 2 is 1.88 bits per heavy atom. The molecule has 16 heavy (non-hydrogen) atoms. The molecule has 0 amide bonds. The SMILES string of the molecule is c1ccc2c(c1)ccn2CCC1CCCC1. The van der Waals surface area contributed by atoms with Gasteiger partial charge < -0.3 is 4.57 Å². The molecule has 0 N–H and O–H groups in total. The Balaban J connectivity index is 1.73. The predicted molar refractivity (Wildman–Crippen MR) is 68.5 cm³/mol. The molecule has 1 heterocycles. The molecule has 0 spiro atoms. The molecule has 1 aromatic heterocycles. The summed E-state index contributed by atoms with van der Waals surface area (Å²) in [6.07, 6.45) is 9.42. The number of benzene rings is 1. The highest BCUT2D eigenvalue weighted by Crippen LogP contribution is 2.28. The van der Waals surface area contributed by atoms with Crippen LogP contribution >= 0.6 is 0 Å². The molecule has 1 fully saturated rings. The number of nitrogens with zero attached hydrogens (tertiary/aromatic N) is 1. The van der Waals surface area contributed by atoms with Crippen molar-refractivity contribution in [1.82, 2.24) is 4.57 Å². The lowest BCUT2D eigenvalue weighted by molar-refractivity contribution is 0.463. The fourth-order valence-corrected chi connectivity index (χ4v) is 2.96. The molecule has 1 nitrogen and oxygen atoms in total. The summed E-state index contributed by atoms with van der Waals surface area (Å²) in [6, 6.07) is 10.9. The van der Waals surface area contributed by atoms with Gasteiger partial charge in [0.2, 0.25) is 0 Å². The fourth-order valence-electron chi connectivity index (χ4n) is 2.96. The summed E-state index contributed by atoms with van der Waals surface area (Å²) in [6.45, 7) is 1.19. The highest BCUT2D eigenvalue weighted by atomic mass is 14.9. The van der Waals surface area contributed by atoms with Gasteiger partial charge in [0.05, 0.1) is 0 Å². The molecular formula is C15H19N. The number of fused-ring (bicyclic) bond motifs is 1. The van der Waals surface area contributed by atoms with Crippen molar-refractivity contribution in [3.05, 3.63) is 36.5 Å². The Labute approximate surface area is 97.1 Å². The quantitative estimate of drug-likeness (QED) is 0.719. The van der Waals surface area contributed by atoms with Crippen molar-refractivity contribution in [2.75, 3.05) is 0 Å². The zero-order valence-electron chi connectivity index (χ0n) is 9.73. The van der Waals surface area contributed by atoms with Crippen molar-refractivity contribution in [1.29, 1.82) is 0 Å². The molecule has 0 bridgehead atoms. The lowest BCUT2D eigenvalue weighted by atomic mass is 10.0. The standard InChI is InChI=1S/C15H19N/c1-2-6-13(5-1)9-11-16-12-10-14-7-3-4-8-15(14)16/h3-4,7-8,10,12-13H,1-2,5-6,9,11H2. The third-order valence-electron chi connectivity index (χ3n) is 3.93. The third kappa shape index (κ3) is 1.87. The van der Waals surface area contributed by atoms with Gasteiger partial charge in [-0.1, -0.05) is 43.9 Å². The van der Waals surface area contributed by atoms with Crippen LogP contribution in [0, 0.1) is 5.92 Å². The third-order valence-corrected chi connectivity index (χ3v) is 3.93. The highest BCUT2D eigenvalue weighted by molar-refractivity contribution is 5.79. The van der Waals surface area contributed by atoms with Crippen molar-refractivity contribution in [2.24, 2.45) is 5.92 Å². The van der Waals surface area contributed by atoms with E-state index in [1.54, 1.807) is 0 Å². The average Bonchev–Trinajstić information content (AvgIpc) is 2.96.